The number of esters is 1. The summed E-state index contributed by atoms with van der Waals surface area (Å²) >= 11 is 0. The molecular weight excluding hydrogens is 188 g/mol. The number of Topliss-reactive ketones (excluding diaryl/α,β-unsaturated/α-hetero) is 1. The molecule has 5 heteroatoms. The maximum Gasteiger partial charge on any atom is 0.314 e. The molecule has 1 rings (SSSR count). The Morgan fingerprint density at radius 1 is 1.71 bits per heavy atom. The van der Waals surface area contributed by atoms with Crippen molar-refractivity contribution < 1.29 is 24.2 Å². The van der Waals surface area contributed by atoms with Crippen molar-refractivity contribution in [2.45, 2.75) is 20.0 Å². The molecule has 0 aromatic rings. The van der Waals surface area contributed by atoms with E-state index in [1.807, 2.05) is 0 Å². The van der Waals surface area contributed by atoms with E-state index in [1.54, 1.807) is 13.8 Å². The number of hydrogen-bond donors (Lipinski definition) is 1. The Kier molecular flexibility index (Phi) is 3.23. The lowest BCUT2D eigenvalue weighted by molar-refractivity contribution is -0.164. The molecule has 0 radical (unpaired) electrons. The van der Waals surface area contributed by atoms with Gasteiger partial charge in [0.1, 0.15) is 6.61 Å². The van der Waals surface area contributed by atoms with Crippen molar-refractivity contribution >= 4 is 11.8 Å². The van der Waals surface area contributed by atoms with E-state index in [1.165, 1.54) is 0 Å². The third kappa shape index (κ3) is 2.30. The summed E-state index contributed by atoms with van der Waals surface area (Å²) in [6, 6.07) is 0. The second kappa shape index (κ2) is 4.06. The Bertz CT molecular complexity index is 246. The first kappa shape index (κ1) is 11.1. The Morgan fingerprint density at radius 3 is 2.79 bits per heavy atom. The summed E-state index contributed by atoms with van der Waals surface area (Å²) in [6.45, 7) is 2.91. The van der Waals surface area contributed by atoms with Crippen LogP contribution in [0.3, 0.4) is 0 Å². The average molecular weight is 202 g/mol. The van der Waals surface area contributed by atoms with E-state index in [0.29, 0.717) is 0 Å². The van der Waals surface area contributed by atoms with Crippen LogP contribution in [0.5, 0.6) is 0 Å². The fraction of sp³-hybridized carbons (Fsp3) is 0.778. The van der Waals surface area contributed by atoms with Gasteiger partial charge in [-0.05, 0) is 13.8 Å². The third-order valence-electron chi connectivity index (χ3n) is 2.07. The van der Waals surface area contributed by atoms with Crippen molar-refractivity contribution in [1.29, 1.82) is 0 Å². The number of ketones is 1. The summed E-state index contributed by atoms with van der Waals surface area (Å²) in [5, 5.41) is 8.89. The Labute approximate surface area is 82.0 Å². The van der Waals surface area contributed by atoms with Crippen molar-refractivity contribution in [3.8, 4) is 0 Å². The van der Waals surface area contributed by atoms with Crippen molar-refractivity contribution in [2.24, 2.45) is 5.41 Å². The molecule has 0 bridgehead atoms. The second-order valence-corrected chi connectivity index (χ2v) is 3.92. The average Bonchev–Trinajstić information content (AvgIpc) is 2.52. The minimum Gasteiger partial charge on any atom is -0.451 e. The van der Waals surface area contributed by atoms with Crippen LogP contribution in [0.1, 0.15) is 13.8 Å². The first-order valence-electron chi connectivity index (χ1n) is 4.40. The van der Waals surface area contributed by atoms with Crippen molar-refractivity contribution in [3.05, 3.63) is 0 Å². The predicted molar refractivity (Wildman–Crippen MR) is 46.6 cm³/mol. The maximum atomic E-state index is 11.4. The van der Waals surface area contributed by atoms with E-state index in [-0.39, 0.29) is 25.6 Å². The number of rotatable bonds is 3. The fourth-order valence-electron chi connectivity index (χ4n) is 0.905. The van der Waals surface area contributed by atoms with E-state index in [2.05, 4.69) is 0 Å². The first-order valence-corrected chi connectivity index (χ1v) is 4.40. The molecule has 1 unspecified atom stereocenters. The van der Waals surface area contributed by atoms with Gasteiger partial charge in [0.2, 0.25) is 5.78 Å². The first-order chi connectivity index (χ1) is 6.47. The molecule has 1 heterocycles. The lowest BCUT2D eigenvalue weighted by Gasteiger charge is -2.21. The topological polar surface area (TPSA) is 72.8 Å². The lowest BCUT2D eigenvalue weighted by atomic mass is 9.95. The Hall–Kier alpha value is -0.940. The molecule has 1 saturated heterocycles. The van der Waals surface area contributed by atoms with Gasteiger partial charge in [-0.1, -0.05) is 0 Å². The summed E-state index contributed by atoms with van der Waals surface area (Å²) in [7, 11) is 0. The smallest absolute Gasteiger partial charge is 0.314 e. The number of ether oxygens (including phenoxy) is 2. The van der Waals surface area contributed by atoms with Gasteiger partial charge in [0, 0.05) is 0 Å². The maximum absolute atomic E-state index is 11.4. The summed E-state index contributed by atoms with van der Waals surface area (Å²) in [6.07, 6.45) is -0.798. The van der Waals surface area contributed by atoms with Gasteiger partial charge in [-0.3, -0.25) is 9.59 Å². The van der Waals surface area contributed by atoms with Crippen molar-refractivity contribution in [3.63, 3.8) is 0 Å². The summed E-state index contributed by atoms with van der Waals surface area (Å²) < 4.78 is 9.73. The minimum atomic E-state index is -0.969. The molecule has 1 N–H and O–H groups in total. The van der Waals surface area contributed by atoms with E-state index in [4.69, 9.17) is 14.6 Å². The van der Waals surface area contributed by atoms with Gasteiger partial charge in [0.15, 0.2) is 6.10 Å². The Balaban J connectivity index is 2.52. The van der Waals surface area contributed by atoms with Crippen molar-refractivity contribution in [2.75, 3.05) is 19.8 Å². The predicted octanol–water partition coefficient (Wildman–Crippen LogP) is -0.484. The molecule has 14 heavy (non-hydrogen) atoms. The van der Waals surface area contributed by atoms with E-state index < -0.39 is 17.5 Å². The van der Waals surface area contributed by atoms with Crippen LogP contribution in [0, 0.1) is 5.41 Å². The van der Waals surface area contributed by atoms with Gasteiger partial charge in [-0.25, -0.2) is 0 Å². The molecule has 5 nitrogen and oxygen atoms in total. The Morgan fingerprint density at radius 2 is 2.36 bits per heavy atom. The molecule has 0 aromatic carbocycles. The van der Waals surface area contributed by atoms with Crippen molar-refractivity contribution in [1.82, 2.24) is 0 Å². The molecule has 1 aliphatic rings. The van der Waals surface area contributed by atoms with Crippen LogP contribution >= 0.6 is 0 Å². The minimum absolute atomic E-state index is 0.00248. The summed E-state index contributed by atoms with van der Waals surface area (Å²) in [5.74, 6) is -0.809. The molecule has 0 saturated carbocycles. The highest BCUT2D eigenvalue weighted by molar-refractivity contribution is 5.89. The molecule has 0 spiro atoms. The largest absolute Gasteiger partial charge is 0.451 e. The van der Waals surface area contributed by atoms with Crippen LogP contribution in [0.25, 0.3) is 0 Å². The zero-order valence-electron chi connectivity index (χ0n) is 8.28. The van der Waals surface area contributed by atoms with Gasteiger partial charge in [-0.2, -0.15) is 0 Å². The molecular formula is C9H14O5. The number of hydrogen-bond acceptors (Lipinski definition) is 5. The SMILES string of the molecule is CC(C)(CO)C(=O)OC1COCC1=O. The van der Waals surface area contributed by atoms with Crippen LogP contribution in [0.4, 0.5) is 0 Å². The van der Waals surface area contributed by atoms with Crippen LogP contribution in [0.15, 0.2) is 0 Å². The van der Waals surface area contributed by atoms with Crippen LogP contribution in [0.2, 0.25) is 0 Å². The molecule has 1 atom stereocenters. The highest BCUT2D eigenvalue weighted by Gasteiger charge is 2.35. The highest BCUT2D eigenvalue weighted by atomic mass is 16.6. The van der Waals surface area contributed by atoms with Gasteiger partial charge in [0.05, 0.1) is 18.6 Å². The van der Waals surface area contributed by atoms with E-state index in [0.717, 1.165) is 0 Å². The van der Waals surface area contributed by atoms with Crippen LogP contribution in [-0.2, 0) is 19.1 Å². The van der Waals surface area contributed by atoms with Gasteiger partial charge in [-0.15, -0.1) is 0 Å². The normalized spacial score (nSPS) is 22.5. The molecule has 0 amide bonds. The monoisotopic (exact) mass is 202 g/mol. The molecule has 1 aliphatic heterocycles. The summed E-state index contributed by atoms with van der Waals surface area (Å²) in [5.41, 5.74) is -0.969. The molecule has 0 aliphatic carbocycles. The molecule has 0 aromatic heterocycles. The third-order valence-corrected chi connectivity index (χ3v) is 2.07. The molecule has 80 valence electrons. The lowest BCUT2D eigenvalue weighted by Crippen LogP contribution is -2.36. The van der Waals surface area contributed by atoms with Gasteiger partial charge >= 0.3 is 5.97 Å². The number of carbonyl (C=O) groups is 2. The van der Waals surface area contributed by atoms with Crippen LogP contribution < -0.4 is 0 Å². The summed E-state index contributed by atoms with van der Waals surface area (Å²) in [4.78, 5) is 22.5. The van der Waals surface area contributed by atoms with Gasteiger partial charge < -0.3 is 14.6 Å². The highest BCUT2D eigenvalue weighted by Crippen LogP contribution is 2.18. The van der Waals surface area contributed by atoms with E-state index >= 15 is 0 Å². The zero-order chi connectivity index (χ0) is 10.8. The number of aliphatic hydroxyl groups is 1. The fourth-order valence-corrected chi connectivity index (χ4v) is 0.905. The zero-order valence-corrected chi connectivity index (χ0v) is 8.28. The quantitative estimate of drug-likeness (QED) is 0.625. The van der Waals surface area contributed by atoms with Crippen LogP contribution in [-0.4, -0.2) is 42.8 Å². The van der Waals surface area contributed by atoms with E-state index in [9.17, 15) is 9.59 Å². The standard InChI is InChI=1S/C9H14O5/c1-9(2,5-10)8(12)14-7-4-13-3-6(7)11/h7,10H,3-5H2,1-2H3. The van der Waals surface area contributed by atoms with Gasteiger partial charge in [0.25, 0.3) is 0 Å². The second-order valence-electron chi connectivity index (χ2n) is 3.92. The molecule has 1 fully saturated rings. The number of carbonyl (C=O) groups excluding carboxylic acids is 2. The number of aliphatic hydroxyl groups excluding tert-OH is 1.